The van der Waals surface area contributed by atoms with E-state index < -0.39 is 11.7 Å². The molecule has 1 rings (SSSR count). The van der Waals surface area contributed by atoms with Crippen molar-refractivity contribution in [3.05, 3.63) is 33.8 Å². The Bertz CT molecular complexity index is 429. The van der Waals surface area contributed by atoms with E-state index in [0.29, 0.717) is 10.0 Å². The van der Waals surface area contributed by atoms with Gasteiger partial charge in [-0.15, -0.1) is 0 Å². The molecule has 1 aromatic rings. The van der Waals surface area contributed by atoms with Crippen LogP contribution in [-0.2, 0) is 6.18 Å². The van der Waals surface area contributed by atoms with Gasteiger partial charge < -0.3 is 10.5 Å². The largest absolute Gasteiger partial charge is 0.495 e. The van der Waals surface area contributed by atoms with Gasteiger partial charge in [-0.25, -0.2) is 0 Å². The van der Waals surface area contributed by atoms with E-state index >= 15 is 0 Å². The number of benzene rings is 1. The molecule has 0 aromatic heterocycles. The third kappa shape index (κ3) is 3.47. The molecular formula is C11H11BrF3NO. The Morgan fingerprint density at radius 1 is 1.41 bits per heavy atom. The van der Waals surface area contributed by atoms with E-state index in [2.05, 4.69) is 15.9 Å². The Morgan fingerprint density at radius 3 is 2.53 bits per heavy atom. The topological polar surface area (TPSA) is 35.2 Å². The fourth-order valence-corrected chi connectivity index (χ4v) is 1.85. The summed E-state index contributed by atoms with van der Waals surface area (Å²) >= 11 is 3.04. The standard InChI is InChI=1S/C11H11BrF3NO/c1-17-10-7(3-2-4-16)5-8(12)6-9(10)11(13,14)15/h2-3,5-6H,4,16H2,1H3/b3-2+. The monoisotopic (exact) mass is 309 g/mol. The number of hydrogen-bond acceptors (Lipinski definition) is 2. The summed E-state index contributed by atoms with van der Waals surface area (Å²) < 4.78 is 43.5. The molecule has 0 saturated heterocycles. The first-order valence-electron chi connectivity index (χ1n) is 4.71. The first kappa shape index (κ1) is 14.1. The molecule has 0 fully saturated rings. The van der Waals surface area contributed by atoms with Crippen molar-refractivity contribution in [2.24, 2.45) is 5.73 Å². The van der Waals surface area contributed by atoms with Crippen molar-refractivity contribution in [3.8, 4) is 5.75 Å². The molecule has 17 heavy (non-hydrogen) atoms. The van der Waals surface area contributed by atoms with Crippen molar-refractivity contribution in [1.29, 1.82) is 0 Å². The lowest BCUT2D eigenvalue weighted by atomic mass is 10.1. The maximum atomic E-state index is 12.8. The Balaban J connectivity index is 3.40. The molecule has 0 aliphatic carbocycles. The van der Waals surface area contributed by atoms with Crippen LogP contribution in [0.1, 0.15) is 11.1 Å². The summed E-state index contributed by atoms with van der Waals surface area (Å²) in [6, 6.07) is 2.53. The third-order valence-corrected chi connectivity index (χ3v) is 2.48. The van der Waals surface area contributed by atoms with Crippen LogP contribution in [0.2, 0.25) is 0 Å². The molecule has 0 unspecified atom stereocenters. The summed E-state index contributed by atoms with van der Waals surface area (Å²) in [4.78, 5) is 0. The highest BCUT2D eigenvalue weighted by Crippen LogP contribution is 2.40. The molecule has 2 nitrogen and oxygen atoms in total. The summed E-state index contributed by atoms with van der Waals surface area (Å²) in [6.07, 6.45) is -1.40. The zero-order valence-electron chi connectivity index (χ0n) is 9.01. The Kier molecular flexibility index (Phi) is 4.59. The molecule has 2 N–H and O–H groups in total. The predicted molar refractivity (Wildman–Crippen MR) is 63.8 cm³/mol. The lowest BCUT2D eigenvalue weighted by Gasteiger charge is -2.14. The van der Waals surface area contributed by atoms with E-state index in [1.807, 2.05) is 0 Å². The highest BCUT2D eigenvalue weighted by Gasteiger charge is 2.35. The molecule has 6 heteroatoms. The van der Waals surface area contributed by atoms with Gasteiger partial charge in [0.2, 0.25) is 0 Å². The van der Waals surface area contributed by atoms with Crippen LogP contribution in [0.4, 0.5) is 13.2 Å². The van der Waals surface area contributed by atoms with Gasteiger partial charge in [-0.3, -0.25) is 0 Å². The van der Waals surface area contributed by atoms with E-state index in [1.54, 1.807) is 12.1 Å². The maximum absolute atomic E-state index is 12.8. The average Bonchev–Trinajstić information content (AvgIpc) is 2.24. The summed E-state index contributed by atoms with van der Waals surface area (Å²) in [7, 11) is 1.21. The second kappa shape index (κ2) is 5.55. The fraction of sp³-hybridized carbons (Fsp3) is 0.273. The SMILES string of the molecule is COc1c(/C=C/CN)cc(Br)cc1C(F)(F)F. The quantitative estimate of drug-likeness (QED) is 0.928. The Labute approximate surface area is 105 Å². The predicted octanol–water partition coefficient (Wildman–Crippen LogP) is 3.45. The zero-order chi connectivity index (χ0) is 13.1. The Morgan fingerprint density at radius 2 is 2.06 bits per heavy atom. The summed E-state index contributed by atoms with van der Waals surface area (Å²) in [5.74, 6) is -0.203. The van der Waals surface area contributed by atoms with Gasteiger partial charge in [0.15, 0.2) is 0 Å². The molecule has 0 saturated carbocycles. The van der Waals surface area contributed by atoms with Crippen LogP contribution in [0, 0.1) is 0 Å². The molecule has 0 amide bonds. The number of hydrogen-bond donors (Lipinski definition) is 1. The second-order valence-electron chi connectivity index (χ2n) is 3.21. The van der Waals surface area contributed by atoms with Crippen LogP contribution in [0.3, 0.4) is 0 Å². The minimum atomic E-state index is -4.46. The van der Waals surface area contributed by atoms with Crippen LogP contribution >= 0.6 is 15.9 Å². The Hall–Kier alpha value is -1.01. The molecule has 0 heterocycles. The van der Waals surface area contributed by atoms with Crippen LogP contribution in [0.15, 0.2) is 22.7 Å². The second-order valence-corrected chi connectivity index (χ2v) is 4.13. The molecule has 0 bridgehead atoms. The summed E-state index contributed by atoms with van der Waals surface area (Å²) in [5.41, 5.74) is 4.79. The summed E-state index contributed by atoms with van der Waals surface area (Å²) in [6.45, 7) is 0.247. The van der Waals surface area contributed by atoms with E-state index in [-0.39, 0.29) is 12.3 Å². The fourth-order valence-electron chi connectivity index (χ4n) is 1.37. The van der Waals surface area contributed by atoms with Gasteiger partial charge in [0.25, 0.3) is 0 Å². The molecule has 94 valence electrons. The first-order valence-corrected chi connectivity index (χ1v) is 5.50. The van der Waals surface area contributed by atoms with E-state index in [0.717, 1.165) is 6.07 Å². The smallest absolute Gasteiger partial charge is 0.420 e. The van der Waals surface area contributed by atoms with Gasteiger partial charge in [0, 0.05) is 16.6 Å². The number of rotatable bonds is 3. The molecule has 0 spiro atoms. The number of nitrogens with two attached hydrogens (primary N) is 1. The maximum Gasteiger partial charge on any atom is 0.420 e. The van der Waals surface area contributed by atoms with E-state index in [4.69, 9.17) is 10.5 Å². The van der Waals surface area contributed by atoms with Crippen LogP contribution in [0.25, 0.3) is 6.08 Å². The van der Waals surface area contributed by atoms with Gasteiger partial charge in [0.05, 0.1) is 12.7 Å². The van der Waals surface area contributed by atoms with Crippen molar-refractivity contribution in [1.82, 2.24) is 0 Å². The van der Waals surface area contributed by atoms with Gasteiger partial charge in [0.1, 0.15) is 5.75 Å². The highest BCUT2D eigenvalue weighted by atomic mass is 79.9. The molecule has 0 radical (unpaired) electrons. The minimum absolute atomic E-state index is 0.203. The molecule has 0 aliphatic rings. The third-order valence-electron chi connectivity index (χ3n) is 2.03. The lowest BCUT2D eigenvalue weighted by molar-refractivity contribution is -0.138. The van der Waals surface area contributed by atoms with E-state index in [9.17, 15) is 13.2 Å². The summed E-state index contributed by atoms with van der Waals surface area (Å²) in [5, 5.41) is 0. The van der Waals surface area contributed by atoms with Crippen molar-refractivity contribution < 1.29 is 17.9 Å². The van der Waals surface area contributed by atoms with Crippen molar-refractivity contribution in [2.75, 3.05) is 13.7 Å². The van der Waals surface area contributed by atoms with Crippen molar-refractivity contribution in [2.45, 2.75) is 6.18 Å². The molecule has 0 aliphatic heterocycles. The number of ether oxygens (including phenoxy) is 1. The van der Waals surface area contributed by atoms with Crippen LogP contribution < -0.4 is 10.5 Å². The van der Waals surface area contributed by atoms with Gasteiger partial charge in [-0.05, 0) is 12.1 Å². The minimum Gasteiger partial charge on any atom is -0.495 e. The van der Waals surface area contributed by atoms with Gasteiger partial charge in [-0.2, -0.15) is 13.2 Å². The number of halogens is 4. The van der Waals surface area contributed by atoms with Crippen LogP contribution in [-0.4, -0.2) is 13.7 Å². The molecule has 0 atom stereocenters. The van der Waals surface area contributed by atoms with Crippen LogP contribution in [0.5, 0.6) is 5.75 Å². The van der Waals surface area contributed by atoms with Crippen molar-refractivity contribution in [3.63, 3.8) is 0 Å². The number of methoxy groups -OCH3 is 1. The van der Waals surface area contributed by atoms with Gasteiger partial charge >= 0.3 is 6.18 Å². The molecule has 1 aromatic carbocycles. The van der Waals surface area contributed by atoms with Gasteiger partial charge in [-0.1, -0.05) is 28.1 Å². The van der Waals surface area contributed by atoms with Crippen molar-refractivity contribution >= 4 is 22.0 Å². The number of alkyl halides is 3. The normalized spacial score (nSPS) is 12.1. The average molecular weight is 310 g/mol. The highest BCUT2D eigenvalue weighted by molar-refractivity contribution is 9.10. The lowest BCUT2D eigenvalue weighted by Crippen LogP contribution is -2.08. The zero-order valence-corrected chi connectivity index (χ0v) is 10.6. The molecular weight excluding hydrogens is 299 g/mol. The van der Waals surface area contributed by atoms with E-state index in [1.165, 1.54) is 13.2 Å². The first-order chi connectivity index (χ1) is 7.90.